The Morgan fingerprint density at radius 1 is 1.58 bits per heavy atom. The van der Waals surface area contributed by atoms with Gasteiger partial charge >= 0.3 is 0 Å². The van der Waals surface area contributed by atoms with Crippen molar-refractivity contribution in [1.82, 2.24) is 9.78 Å². The lowest BCUT2D eigenvalue weighted by Gasteiger charge is -2.00. The molecule has 0 spiro atoms. The molecule has 0 aliphatic heterocycles. The van der Waals surface area contributed by atoms with Gasteiger partial charge in [-0.3, -0.25) is 9.48 Å². The highest BCUT2D eigenvalue weighted by Crippen LogP contribution is 2.31. The molecule has 2 heterocycles. The van der Waals surface area contributed by atoms with Crippen LogP contribution in [0.4, 0.5) is 5.00 Å². The van der Waals surface area contributed by atoms with Gasteiger partial charge in [0.15, 0.2) is 0 Å². The van der Waals surface area contributed by atoms with Gasteiger partial charge in [-0.2, -0.15) is 10.4 Å². The molecule has 98 valence electrons. The lowest BCUT2D eigenvalue weighted by atomic mass is 10.2. The summed E-state index contributed by atoms with van der Waals surface area (Å²) in [6.45, 7) is 6.49. The fourth-order valence-corrected chi connectivity index (χ4v) is 2.68. The van der Waals surface area contributed by atoms with E-state index in [9.17, 15) is 4.79 Å². The van der Waals surface area contributed by atoms with Crippen molar-refractivity contribution in [3.8, 4) is 6.07 Å². The number of rotatable bonds is 3. The lowest BCUT2D eigenvalue weighted by Crippen LogP contribution is -2.11. The highest BCUT2D eigenvalue weighted by atomic mass is 32.1. The summed E-state index contributed by atoms with van der Waals surface area (Å²) in [5.41, 5.74) is 1.96. The van der Waals surface area contributed by atoms with Gasteiger partial charge in [-0.05, 0) is 26.3 Å². The van der Waals surface area contributed by atoms with Crippen molar-refractivity contribution in [2.45, 2.75) is 27.3 Å². The largest absolute Gasteiger partial charge is 0.312 e. The molecule has 0 unspecified atom stereocenters. The summed E-state index contributed by atoms with van der Waals surface area (Å²) >= 11 is 1.42. The highest BCUT2D eigenvalue weighted by Gasteiger charge is 2.16. The lowest BCUT2D eigenvalue weighted by molar-refractivity contribution is 0.102. The molecular formula is C13H14N4OS. The van der Waals surface area contributed by atoms with Crippen LogP contribution in [0.5, 0.6) is 0 Å². The predicted octanol–water partition coefficient (Wildman–Crippen LogP) is 2.71. The molecule has 0 saturated heterocycles. The molecule has 0 radical (unpaired) electrons. The number of nitriles is 1. The van der Waals surface area contributed by atoms with E-state index in [-0.39, 0.29) is 5.91 Å². The Kier molecular flexibility index (Phi) is 3.67. The van der Waals surface area contributed by atoms with Gasteiger partial charge in [0.05, 0.1) is 17.3 Å². The van der Waals surface area contributed by atoms with Crippen LogP contribution < -0.4 is 5.32 Å². The summed E-state index contributed by atoms with van der Waals surface area (Å²) in [5, 5.41) is 16.6. The molecule has 0 saturated carbocycles. The van der Waals surface area contributed by atoms with Crippen LogP contribution in [0, 0.1) is 25.2 Å². The molecule has 1 N–H and O–H groups in total. The standard InChI is InChI=1S/C13H14N4OS/c1-4-17-7-10(6-15-17)12(18)16-13-11(5-14)8(2)9(3)19-13/h6-7H,4H2,1-3H3,(H,16,18). The molecule has 2 aromatic heterocycles. The average Bonchev–Trinajstić information content (AvgIpc) is 2.96. The number of amides is 1. The second-order valence-corrected chi connectivity index (χ2v) is 5.36. The molecule has 0 aliphatic carbocycles. The summed E-state index contributed by atoms with van der Waals surface area (Å²) in [4.78, 5) is 13.1. The molecule has 0 bridgehead atoms. The number of anilines is 1. The normalized spacial score (nSPS) is 10.2. The fourth-order valence-electron chi connectivity index (χ4n) is 1.68. The van der Waals surface area contributed by atoms with Gasteiger partial charge in [0.25, 0.3) is 5.91 Å². The van der Waals surface area contributed by atoms with Crippen LogP contribution in [-0.4, -0.2) is 15.7 Å². The maximum atomic E-state index is 12.1. The maximum absolute atomic E-state index is 12.1. The van der Waals surface area contributed by atoms with E-state index in [0.717, 1.165) is 10.4 Å². The number of hydrogen-bond donors (Lipinski definition) is 1. The van der Waals surface area contributed by atoms with E-state index in [1.165, 1.54) is 17.5 Å². The van der Waals surface area contributed by atoms with Crippen molar-refractivity contribution in [3.63, 3.8) is 0 Å². The topological polar surface area (TPSA) is 70.7 Å². The number of aryl methyl sites for hydroxylation is 2. The molecule has 1 amide bonds. The molecule has 6 heteroatoms. The molecule has 2 rings (SSSR count). The number of nitrogens with zero attached hydrogens (tertiary/aromatic N) is 3. The Balaban J connectivity index is 2.24. The van der Waals surface area contributed by atoms with Crippen molar-refractivity contribution >= 4 is 22.2 Å². The Bertz CT molecular complexity index is 663. The van der Waals surface area contributed by atoms with Gasteiger partial charge in [0.2, 0.25) is 0 Å². The first-order valence-corrected chi connectivity index (χ1v) is 6.72. The van der Waals surface area contributed by atoms with Crippen molar-refractivity contribution in [2.75, 3.05) is 5.32 Å². The van der Waals surface area contributed by atoms with E-state index < -0.39 is 0 Å². The Morgan fingerprint density at radius 3 is 2.89 bits per heavy atom. The zero-order valence-electron chi connectivity index (χ0n) is 11.0. The zero-order valence-corrected chi connectivity index (χ0v) is 11.8. The summed E-state index contributed by atoms with van der Waals surface area (Å²) in [6, 6.07) is 2.13. The van der Waals surface area contributed by atoms with Gasteiger partial charge in [0.1, 0.15) is 11.1 Å². The molecule has 2 aromatic rings. The number of nitrogens with one attached hydrogen (secondary N) is 1. The van der Waals surface area contributed by atoms with Gasteiger partial charge in [-0.15, -0.1) is 11.3 Å². The van der Waals surface area contributed by atoms with Crippen molar-refractivity contribution < 1.29 is 4.79 Å². The van der Waals surface area contributed by atoms with E-state index in [2.05, 4.69) is 16.5 Å². The third kappa shape index (κ3) is 2.51. The quantitative estimate of drug-likeness (QED) is 0.935. The Labute approximate surface area is 115 Å². The van der Waals surface area contributed by atoms with Crippen LogP contribution in [0.2, 0.25) is 0 Å². The maximum Gasteiger partial charge on any atom is 0.259 e. The number of hydrogen-bond acceptors (Lipinski definition) is 4. The molecule has 0 fully saturated rings. The first-order valence-electron chi connectivity index (χ1n) is 5.90. The third-order valence-electron chi connectivity index (χ3n) is 2.94. The molecule has 0 aromatic carbocycles. The van der Waals surface area contributed by atoms with Crippen LogP contribution in [0.15, 0.2) is 12.4 Å². The van der Waals surface area contributed by atoms with Gasteiger partial charge < -0.3 is 5.32 Å². The molecule has 0 atom stereocenters. The fraction of sp³-hybridized carbons (Fsp3) is 0.308. The van der Waals surface area contributed by atoms with Crippen molar-refractivity contribution in [3.05, 3.63) is 34.0 Å². The SMILES string of the molecule is CCn1cc(C(=O)Nc2sc(C)c(C)c2C#N)cn1. The number of aromatic nitrogens is 2. The van der Waals surface area contributed by atoms with Crippen LogP contribution in [0.25, 0.3) is 0 Å². The van der Waals surface area contributed by atoms with E-state index in [4.69, 9.17) is 5.26 Å². The Morgan fingerprint density at radius 2 is 2.32 bits per heavy atom. The van der Waals surface area contributed by atoms with Crippen LogP contribution in [-0.2, 0) is 6.54 Å². The monoisotopic (exact) mass is 274 g/mol. The van der Waals surface area contributed by atoms with Crippen LogP contribution in [0.3, 0.4) is 0 Å². The number of carbonyl (C=O) groups is 1. The number of carbonyl (C=O) groups excluding carboxylic acids is 1. The van der Waals surface area contributed by atoms with Crippen LogP contribution >= 0.6 is 11.3 Å². The van der Waals surface area contributed by atoms with E-state index in [1.54, 1.807) is 10.9 Å². The summed E-state index contributed by atoms with van der Waals surface area (Å²) in [7, 11) is 0. The predicted molar refractivity (Wildman–Crippen MR) is 74.4 cm³/mol. The zero-order chi connectivity index (χ0) is 14.0. The minimum absolute atomic E-state index is 0.238. The average molecular weight is 274 g/mol. The number of thiophene rings is 1. The molecular weight excluding hydrogens is 260 g/mol. The van der Waals surface area contributed by atoms with Gasteiger partial charge in [-0.25, -0.2) is 0 Å². The highest BCUT2D eigenvalue weighted by molar-refractivity contribution is 7.16. The third-order valence-corrected chi connectivity index (χ3v) is 4.07. The van der Waals surface area contributed by atoms with E-state index in [0.29, 0.717) is 22.7 Å². The summed E-state index contributed by atoms with van der Waals surface area (Å²) < 4.78 is 1.69. The molecule has 5 nitrogen and oxygen atoms in total. The second kappa shape index (κ2) is 5.24. The Hall–Kier alpha value is -2.13. The molecule has 19 heavy (non-hydrogen) atoms. The van der Waals surface area contributed by atoms with Gasteiger partial charge in [0, 0.05) is 17.6 Å². The van der Waals surface area contributed by atoms with Crippen LogP contribution in [0.1, 0.15) is 33.3 Å². The first-order chi connectivity index (χ1) is 9.06. The van der Waals surface area contributed by atoms with Crippen molar-refractivity contribution in [2.24, 2.45) is 0 Å². The minimum Gasteiger partial charge on any atom is -0.312 e. The van der Waals surface area contributed by atoms with Gasteiger partial charge in [-0.1, -0.05) is 0 Å². The first kappa shape index (κ1) is 13.3. The minimum atomic E-state index is -0.238. The summed E-state index contributed by atoms with van der Waals surface area (Å²) in [5.74, 6) is -0.238. The molecule has 0 aliphatic rings. The van der Waals surface area contributed by atoms with Crippen molar-refractivity contribution in [1.29, 1.82) is 5.26 Å². The summed E-state index contributed by atoms with van der Waals surface area (Å²) in [6.07, 6.45) is 3.22. The smallest absolute Gasteiger partial charge is 0.259 e. The van der Waals surface area contributed by atoms with E-state index >= 15 is 0 Å². The second-order valence-electron chi connectivity index (χ2n) is 4.14. The van der Waals surface area contributed by atoms with E-state index in [1.807, 2.05) is 20.8 Å².